The van der Waals surface area contributed by atoms with Crippen molar-refractivity contribution in [3.8, 4) is 11.8 Å². The molecule has 0 aromatic heterocycles. The van der Waals surface area contributed by atoms with Crippen LogP contribution in [0.3, 0.4) is 0 Å². The predicted molar refractivity (Wildman–Crippen MR) is 86.8 cm³/mol. The Morgan fingerprint density at radius 3 is 2.50 bits per heavy atom. The molecule has 1 atom stereocenters. The Kier molecular flexibility index (Phi) is 8.12. The zero-order valence-electron chi connectivity index (χ0n) is 12.0. The highest BCUT2D eigenvalue weighted by Crippen LogP contribution is 2.37. The highest BCUT2D eigenvalue weighted by molar-refractivity contribution is 5.85. The number of aromatic hydroxyl groups is 1. The number of phenolic OH excluding ortho intramolecular Hbond substituents is 1. The van der Waals surface area contributed by atoms with Crippen LogP contribution in [0.5, 0.6) is 5.75 Å². The van der Waals surface area contributed by atoms with E-state index in [2.05, 4.69) is 10.2 Å². The van der Waals surface area contributed by atoms with Crippen LogP contribution in [0.25, 0.3) is 0 Å². The fourth-order valence-corrected chi connectivity index (χ4v) is 2.43. The molecular weight excluding hydrogens is 331 g/mol. The fourth-order valence-electron chi connectivity index (χ4n) is 2.43. The van der Waals surface area contributed by atoms with Crippen LogP contribution < -0.4 is 5.32 Å². The number of nitrogens with one attached hydrogen (secondary N) is 1. The topological polar surface area (TPSA) is 102 Å². The molecule has 1 fully saturated rings. The summed E-state index contributed by atoms with van der Waals surface area (Å²) in [7, 11) is 0. The molecule has 1 aromatic rings. The first-order valence-corrected chi connectivity index (χ1v) is 6.40. The molecular formula is C13H18Cl2N4O3. The molecule has 1 aromatic carbocycles. The zero-order valence-corrected chi connectivity index (χ0v) is 13.6. The van der Waals surface area contributed by atoms with Gasteiger partial charge in [0.1, 0.15) is 0 Å². The summed E-state index contributed by atoms with van der Waals surface area (Å²) in [5, 5.41) is 33.2. The molecule has 0 spiro atoms. The highest BCUT2D eigenvalue weighted by atomic mass is 35.5. The molecule has 2 rings (SSSR count). The number of nitriles is 1. The van der Waals surface area contributed by atoms with Crippen molar-refractivity contribution in [3.63, 3.8) is 0 Å². The first kappa shape index (κ1) is 20.4. The average Bonchev–Trinajstić information content (AvgIpc) is 2.47. The molecule has 1 saturated heterocycles. The minimum absolute atomic E-state index is 0. The molecule has 0 amide bonds. The second-order valence-corrected chi connectivity index (χ2v) is 4.76. The van der Waals surface area contributed by atoms with E-state index >= 15 is 0 Å². The van der Waals surface area contributed by atoms with Gasteiger partial charge >= 0.3 is 5.69 Å². The van der Waals surface area contributed by atoms with Crippen molar-refractivity contribution in [2.75, 3.05) is 26.2 Å². The van der Waals surface area contributed by atoms with Gasteiger partial charge in [-0.3, -0.25) is 15.0 Å². The zero-order chi connectivity index (χ0) is 14.7. The number of nitro groups is 1. The van der Waals surface area contributed by atoms with E-state index in [1.54, 1.807) is 0 Å². The number of hydrogen-bond donors (Lipinski definition) is 2. The molecule has 0 bridgehead atoms. The van der Waals surface area contributed by atoms with E-state index in [1.165, 1.54) is 6.07 Å². The predicted octanol–water partition coefficient (Wildman–Crippen LogP) is 1.98. The summed E-state index contributed by atoms with van der Waals surface area (Å²) in [6.45, 7) is 5.15. The number of nitro benzene ring substituents is 1. The van der Waals surface area contributed by atoms with Crippen LogP contribution >= 0.6 is 24.8 Å². The van der Waals surface area contributed by atoms with Gasteiger partial charge in [0.05, 0.1) is 16.6 Å². The smallest absolute Gasteiger partial charge is 0.312 e. The largest absolute Gasteiger partial charge is 0.502 e. The molecule has 2 N–H and O–H groups in total. The molecule has 0 unspecified atom stereocenters. The lowest BCUT2D eigenvalue weighted by atomic mass is 10.0. The van der Waals surface area contributed by atoms with Crippen molar-refractivity contribution in [2.24, 2.45) is 0 Å². The summed E-state index contributed by atoms with van der Waals surface area (Å²) in [6, 6.07) is 4.35. The summed E-state index contributed by atoms with van der Waals surface area (Å²) >= 11 is 0. The normalized spacial score (nSPS) is 15.8. The second-order valence-electron chi connectivity index (χ2n) is 4.76. The van der Waals surface area contributed by atoms with Gasteiger partial charge in [-0.15, -0.1) is 24.8 Å². The van der Waals surface area contributed by atoms with Gasteiger partial charge in [0, 0.05) is 43.9 Å². The lowest BCUT2D eigenvalue weighted by molar-refractivity contribution is -0.386. The van der Waals surface area contributed by atoms with Crippen LogP contribution in [0.2, 0.25) is 0 Å². The van der Waals surface area contributed by atoms with Crippen molar-refractivity contribution >= 4 is 30.5 Å². The standard InChI is InChI=1S/C13H16N4O3.2ClH/c1-9(16-4-2-15-3-5-16)11-6-10(8-14)7-12(13(11)18)17(19)20;;/h6-7,9,15,18H,2-5H2,1H3;2*1H/t9-;;/m0../s1. The van der Waals surface area contributed by atoms with Crippen LogP contribution in [-0.4, -0.2) is 41.1 Å². The van der Waals surface area contributed by atoms with E-state index < -0.39 is 10.6 Å². The Morgan fingerprint density at radius 2 is 2.00 bits per heavy atom. The van der Waals surface area contributed by atoms with Crippen molar-refractivity contribution in [3.05, 3.63) is 33.4 Å². The lowest BCUT2D eigenvalue weighted by Gasteiger charge is -2.33. The molecule has 0 radical (unpaired) electrons. The number of benzene rings is 1. The number of phenols is 1. The maximum Gasteiger partial charge on any atom is 0.312 e. The number of hydrogen-bond acceptors (Lipinski definition) is 6. The van der Waals surface area contributed by atoms with Gasteiger partial charge < -0.3 is 10.4 Å². The Labute approximate surface area is 140 Å². The van der Waals surface area contributed by atoms with Crippen molar-refractivity contribution < 1.29 is 10.0 Å². The maximum atomic E-state index is 11.0. The first-order valence-electron chi connectivity index (χ1n) is 6.40. The minimum atomic E-state index is -0.663. The summed E-state index contributed by atoms with van der Waals surface area (Å²) in [5.41, 5.74) is 0.199. The van der Waals surface area contributed by atoms with Gasteiger partial charge in [-0.1, -0.05) is 0 Å². The van der Waals surface area contributed by atoms with Gasteiger partial charge in [0.2, 0.25) is 0 Å². The van der Waals surface area contributed by atoms with Crippen LogP contribution in [-0.2, 0) is 0 Å². The number of rotatable bonds is 3. The summed E-state index contributed by atoms with van der Waals surface area (Å²) in [6.07, 6.45) is 0. The van der Waals surface area contributed by atoms with Crippen molar-refractivity contribution in [1.29, 1.82) is 5.26 Å². The van der Waals surface area contributed by atoms with E-state index in [1.807, 2.05) is 13.0 Å². The quantitative estimate of drug-likeness (QED) is 0.639. The number of halogens is 2. The third-order valence-corrected chi connectivity index (χ3v) is 3.59. The van der Waals surface area contributed by atoms with Gasteiger partial charge in [-0.2, -0.15) is 5.26 Å². The molecule has 22 heavy (non-hydrogen) atoms. The molecule has 122 valence electrons. The first-order chi connectivity index (χ1) is 9.54. The van der Waals surface area contributed by atoms with Crippen LogP contribution in [0.15, 0.2) is 12.1 Å². The number of piperazine rings is 1. The molecule has 9 heteroatoms. The minimum Gasteiger partial charge on any atom is -0.502 e. The van der Waals surface area contributed by atoms with Gasteiger partial charge in [-0.25, -0.2) is 0 Å². The van der Waals surface area contributed by atoms with E-state index in [4.69, 9.17) is 5.26 Å². The molecule has 7 nitrogen and oxygen atoms in total. The Morgan fingerprint density at radius 1 is 1.41 bits per heavy atom. The average molecular weight is 349 g/mol. The summed E-state index contributed by atoms with van der Waals surface area (Å²) < 4.78 is 0. The Bertz CT molecular complexity index is 571. The molecule has 1 aliphatic heterocycles. The third kappa shape index (κ3) is 4.21. The second kappa shape index (κ2) is 8.76. The molecule has 0 aliphatic carbocycles. The fraction of sp³-hybridized carbons (Fsp3) is 0.462. The van der Waals surface area contributed by atoms with E-state index in [0.717, 1.165) is 32.2 Å². The van der Waals surface area contributed by atoms with Gasteiger partial charge in [0.25, 0.3) is 0 Å². The van der Waals surface area contributed by atoms with Gasteiger partial charge in [-0.05, 0) is 13.0 Å². The van der Waals surface area contributed by atoms with Crippen LogP contribution in [0.1, 0.15) is 24.1 Å². The molecule has 1 heterocycles. The highest BCUT2D eigenvalue weighted by Gasteiger charge is 2.26. The Balaban J connectivity index is 0.00000220. The Hall–Kier alpha value is -1.59. The van der Waals surface area contributed by atoms with E-state index in [0.29, 0.717) is 5.56 Å². The van der Waals surface area contributed by atoms with Crippen LogP contribution in [0.4, 0.5) is 5.69 Å². The van der Waals surface area contributed by atoms with Crippen molar-refractivity contribution in [1.82, 2.24) is 10.2 Å². The van der Waals surface area contributed by atoms with Crippen LogP contribution in [0, 0.1) is 21.4 Å². The SMILES string of the molecule is C[C@@H](c1cc(C#N)cc([N+](=O)[O-])c1O)N1CCNCC1.Cl.Cl. The van der Waals surface area contributed by atoms with Crippen molar-refractivity contribution in [2.45, 2.75) is 13.0 Å². The summed E-state index contributed by atoms with van der Waals surface area (Å²) in [4.78, 5) is 12.4. The monoisotopic (exact) mass is 348 g/mol. The van der Waals surface area contributed by atoms with Gasteiger partial charge in [0.15, 0.2) is 5.75 Å². The van der Waals surface area contributed by atoms with E-state index in [-0.39, 0.29) is 42.2 Å². The molecule has 1 aliphatic rings. The maximum absolute atomic E-state index is 11.0. The number of nitrogens with zero attached hydrogens (tertiary/aromatic N) is 3. The summed E-state index contributed by atoms with van der Waals surface area (Å²) in [5.74, 6) is -0.347. The lowest BCUT2D eigenvalue weighted by Crippen LogP contribution is -2.44. The molecule has 0 saturated carbocycles. The van der Waals surface area contributed by atoms with E-state index in [9.17, 15) is 15.2 Å². The third-order valence-electron chi connectivity index (χ3n) is 3.59.